The molecule has 0 radical (unpaired) electrons. The highest BCUT2D eigenvalue weighted by molar-refractivity contribution is 7.21. The summed E-state index contributed by atoms with van der Waals surface area (Å²) in [4.78, 5) is 6.11. The zero-order valence-electron chi connectivity index (χ0n) is 15.8. The predicted octanol–water partition coefficient (Wildman–Crippen LogP) is 4.39. The van der Waals surface area contributed by atoms with Crippen LogP contribution in [-0.2, 0) is 6.42 Å². The first-order valence-electron chi connectivity index (χ1n) is 9.42. The molecule has 3 nitrogen and oxygen atoms in total. The Bertz CT molecular complexity index is 1120. The third-order valence-electron chi connectivity index (χ3n) is 4.99. The summed E-state index contributed by atoms with van der Waals surface area (Å²) in [7, 11) is 0. The molecule has 4 rings (SSSR count). The minimum Gasteiger partial charge on any atom is -0.398 e. The van der Waals surface area contributed by atoms with Gasteiger partial charge in [-0.3, -0.25) is 0 Å². The number of fused-ring (bicyclic) bond motifs is 2. The van der Waals surface area contributed by atoms with Crippen LogP contribution in [0.4, 0.5) is 5.69 Å². The van der Waals surface area contributed by atoms with Gasteiger partial charge in [-0.25, -0.2) is 9.56 Å². The van der Waals surface area contributed by atoms with Gasteiger partial charge in [-0.05, 0) is 49.6 Å². The molecule has 0 aromatic heterocycles. The molecule has 0 saturated carbocycles. The number of nitrogens with two attached hydrogens (primary N) is 1. The summed E-state index contributed by atoms with van der Waals surface area (Å²) in [6.07, 6.45) is 0.827. The van der Waals surface area contributed by atoms with Gasteiger partial charge in [0.25, 0.3) is 0 Å². The number of hydrogen-bond acceptors (Lipinski definition) is 3. The van der Waals surface area contributed by atoms with E-state index in [1.807, 2.05) is 6.07 Å². The molecular weight excluding hydrogens is 350 g/mol. The molecule has 0 saturated heterocycles. The quantitative estimate of drug-likeness (QED) is 0.327. The van der Waals surface area contributed by atoms with Gasteiger partial charge < -0.3 is 5.73 Å². The highest BCUT2D eigenvalue weighted by atomic mass is 32.1. The molecule has 136 valence electrons. The van der Waals surface area contributed by atoms with Gasteiger partial charge in [0.2, 0.25) is 5.36 Å². The van der Waals surface area contributed by atoms with Crippen LogP contribution in [-0.4, -0.2) is 18.1 Å². The summed E-state index contributed by atoms with van der Waals surface area (Å²) in [5, 5.41) is 1.25. The van der Waals surface area contributed by atoms with Crippen LogP contribution in [0.15, 0.2) is 60.7 Å². The second-order valence-corrected chi connectivity index (χ2v) is 7.80. The average molecular weight is 375 g/mol. The molecule has 1 aliphatic heterocycles. The number of nitrogen functional groups attached to an aromatic ring is 1. The number of nitrogens with zero attached hydrogens (tertiary/aromatic N) is 2. The number of rotatable bonds is 4. The van der Waals surface area contributed by atoms with E-state index in [9.17, 15) is 0 Å². The van der Waals surface area contributed by atoms with Crippen molar-refractivity contribution in [2.75, 3.05) is 18.8 Å². The van der Waals surface area contributed by atoms with Gasteiger partial charge in [0, 0.05) is 17.8 Å². The van der Waals surface area contributed by atoms with Gasteiger partial charge in [-0.1, -0.05) is 30.3 Å². The molecule has 0 atom stereocenters. The predicted molar refractivity (Wildman–Crippen MR) is 116 cm³/mol. The van der Waals surface area contributed by atoms with Gasteiger partial charge in [-0.2, -0.15) is 0 Å². The number of anilines is 1. The molecule has 0 unspecified atom stereocenters. The molecule has 2 N–H and O–H groups in total. The average Bonchev–Trinajstić information content (AvgIpc) is 2.69. The Kier molecular flexibility index (Phi) is 4.90. The van der Waals surface area contributed by atoms with Crippen molar-refractivity contribution in [3.8, 4) is 10.6 Å². The van der Waals surface area contributed by atoms with Crippen molar-refractivity contribution in [1.82, 2.24) is 9.56 Å². The molecule has 0 fully saturated rings. The van der Waals surface area contributed by atoms with Gasteiger partial charge >= 0.3 is 0 Å². The zero-order chi connectivity index (χ0) is 18.8. The Hall–Kier alpha value is -2.72. The minimum atomic E-state index is 0.827. The lowest BCUT2D eigenvalue weighted by molar-refractivity contribution is 0.626. The van der Waals surface area contributed by atoms with E-state index in [1.165, 1.54) is 15.8 Å². The first-order valence-corrected chi connectivity index (χ1v) is 10.2. The molecule has 2 aromatic rings. The molecule has 0 amide bonds. The monoisotopic (exact) mass is 374 g/mol. The smallest absolute Gasteiger partial charge is 0.201 e. The molecule has 1 heterocycles. The number of aromatic nitrogens is 1. The van der Waals surface area contributed by atoms with E-state index in [2.05, 4.69) is 73.0 Å². The van der Waals surface area contributed by atoms with Crippen molar-refractivity contribution in [2.45, 2.75) is 20.3 Å². The second kappa shape index (κ2) is 7.49. The van der Waals surface area contributed by atoms with Crippen LogP contribution in [0.3, 0.4) is 0 Å². The maximum atomic E-state index is 6.37. The van der Waals surface area contributed by atoms with Crippen LogP contribution >= 0.6 is 11.3 Å². The fraction of sp³-hybridized carbons (Fsp3) is 0.217. The van der Waals surface area contributed by atoms with E-state index >= 15 is 0 Å². The van der Waals surface area contributed by atoms with E-state index in [1.54, 1.807) is 11.3 Å². The van der Waals surface area contributed by atoms with Crippen LogP contribution in [0.1, 0.15) is 25.0 Å². The van der Waals surface area contributed by atoms with Crippen molar-refractivity contribution in [2.24, 2.45) is 0 Å². The highest BCUT2D eigenvalue weighted by Gasteiger charge is 2.12. The minimum absolute atomic E-state index is 0.827. The third kappa shape index (κ3) is 3.58. The van der Waals surface area contributed by atoms with Crippen LogP contribution in [0.5, 0.6) is 0 Å². The summed E-state index contributed by atoms with van der Waals surface area (Å²) >= 11 is 1.76. The zero-order valence-corrected chi connectivity index (χ0v) is 16.6. The van der Waals surface area contributed by atoms with Gasteiger partial charge in [0.05, 0.1) is 20.8 Å². The van der Waals surface area contributed by atoms with Crippen molar-refractivity contribution in [3.63, 3.8) is 0 Å². The molecule has 27 heavy (non-hydrogen) atoms. The maximum absolute atomic E-state index is 6.37. The van der Waals surface area contributed by atoms with Crippen molar-refractivity contribution >= 4 is 27.2 Å². The Morgan fingerprint density at radius 1 is 0.963 bits per heavy atom. The topological polar surface area (TPSA) is 41.9 Å². The van der Waals surface area contributed by atoms with E-state index in [0.717, 1.165) is 46.7 Å². The standard InChI is InChI=1S/C23H23N3S/c1-3-26(4-2)18-10-11-20-22(14-18)27-23-15-19(24)17(13-21(23)25-20)12-16-8-6-5-7-9-16/h5-11,13-15,24H,3-4,12H2,1-2H3/p+1. The normalized spacial score (nSPS) is 11.2. The Labute approximate surface area is 163 Å². The fourth-order valence-corrected chi connectivity index (χ4v) is 4.51. The lowest BCUT2D eigenvalue weighted by Crippen LogP contribution is -2.29. The Morgan fingerprint density at radius 2 is 1.74 bits per heavy atom. The van der Waals surface area contributed by atoms with Crippen LogP contribution in [0.2, 0.25) is 0 Å². The van der Waals surface area contributed by atoms with Crippen LogP contribution in [0.25, 0.3) is 20.8 Å². The molecule has 1 aliphatic carbocycles. The second-order valence-electron chi connectivity index (χ2n) is 6.72. The highest BCUT2D eigenvalue weighted by Crippen LogP contribution is 2.32. The largest absolute Gasteiger partial charge is 0.398 e. The first-order chi connectivity index (χ1) is 13.2. The molecule has 4 heteroatoms. The summed E-state index contributed by atoms with van der Waals surface area (Å²) in [6.45, 7) is 6.38. The summed E-state index contributed by atoms with van der Waals surface area (Å²) in [5.41, 5.74) is 11.7. The first kappa shape index (κ1) is 17.7. The number of hydrogen-bond donors (Lipinski definition) is 1. The van der Waals surface area contributed by atoms with Gasteiger partial charge in [-0.15, -0.1) is 11.3 Å². The van der Waals surface area contributed by atoms with Crippen LogP contribution < -0.4 is 15.7 Å². The van der Waals surface area contributed by atoms with Crippen molar-refractivity contribution < 1.29 is 0 Å². The van der Waals surface area contributed by atoms with E-state index in [4.69, 9.17) is 10.7 Å². The van der Waals surface area contributed by atoms with Gasteiger partial charge in [0.15, 0.2) is 0 Å². The summed E-state index contributed by atoms with van der Waals surface area (Å²) in [6, 6.07) is 21.2. The molecule has 0 spiro atoms. The fourth-order valence-electron chi connectivity index (χ4n) is 3.48. The molecule has 2 aromatic carbocycles. The van der Waals surface area contributed by atoms with Crippen LogP contribution in [0, 0.1) is 0 Å². The lowest BCUT2D eigenvalue weighted by Gasteiger charge is -2.10. The van der Waals surface area contributed by atoms with Crippen molar-refractivity contribution in [1.29, 1.82) is 0 Å². The molecule has 0 bridgehead atoms. The lowest BCUT2D eigenvalue weighted by atomic mass is 10.0. The maximum Gasteiger partial charge on any atom is 0.201 e. The Morgan fingerprint density at radius 3 is 2.48 bits per heavy atom. The van der Waals surface area contributed by atoms with E-state index in [0.29, 0.717) is 0 Å². The summed E-state index contributed by atoms with van der Waals surface area (Å²) in [5.74, 6) is 0. The third-order valence-corrected chi connectivity index (χ3v) is 6.08. The van der Waals surface area contributed by atoms with Gasteiger partial charge in [0.1, 0.15) is 13.1 Å². The SMILES string of the molecule is CC[N+](CC)=c1ccc2nc3cc(Cc4ccccc4)c(N)cc3sc-2c1. The van der Waals surface area contributed by atoms with E-state index in [-0.39, 0.29) is 0 Å². The van der Waals surface area contributed by atoms with E-state index < -0.39 is 0 Å². The summed E-state index contributed by atoms with van der Waals surface area (Å²) < 4.78 is 3.49. The molecular formula is C23H24N3S+. The Balaban J connectivity index is 1.83. The molecule has 2 aliphatic rings. The number of benzene rings is 3. The van der Waals surface area contributed by atoms with Crippen molar-refractivity contribution in [3.05, 3.63) is 77.1 Å².